The van der Waals surface area contributed by atoms with Crippen LogP contribution in [0.5, 0.6) is 0 Å². The molecular weight excluding hydrogens is 338 g/mol. The molecule has 0 bridgehead atoms. The van der Waals surface area contributed by atoms with Crippen LogP contribution in [0.3, 0.4) is 0 Å². The Labute approximate surface area is 123 Å². The molecule has 1 unspecified atom stereocenters. The van der Waals surface area contributed by atoms with Crippen molar-refractivity contribution in [2.24, 2.45) is 0 Å². The van der Waals surface area contributed by atoms with E-state index in [9.17, 15) is 13.9 Å². The highest BCUT2D eigenvalue weighted by molar-refractivity contribution is 9.10. The van der Waals surface area contributed by atoms with E-state index in [2.05, 4.69) is 15.9 Å². The smallest absolute Gasteiger partial charge is 0.141 e. The molecule has 19 heavy (non-hydrogen) atoms. The standard InChI is InChI=1S/C14H10BrClF2O/c15-10-5-9(6-11(17)7-10)14(19)4-8-1-2-13(18)12(16)3-8/h1-3,5-7,14,19H,4H2. The number of hydrogen-bond donors (Lipinski definition) is 1. The number of aliphatic hydroxyl groups excluding tert-OH is 1. The molecule has 100 valence electrons. The Morgan fingerprint density at radius 2 is 1.89 bits per heavy atom. The van der Waals surface area contributed by atoms with Gasteiger partial charge in [0.1, 0.15) is 11.6 Å². The van der Waals surface area contributed by atoms with E-state index in [0.29, 0.717) is 15.6 Å². The van der Waals surface area contributed by atoms with Crippen LogP contribution < -0.4 is 0 Å². The van der Waals surface area contributed by atoms with Gasteiger partial charge < -0.3 is 5.11 Å². The summed E-state index contributed by atoms with van der Waals surface area (Å²) in [5.74, 6) is -0.936. The second kappa shape index (κ2) is 5.99. The van der Waals surface area contributed by atoms with E-state index in [0.717, 1.165) is 0 Å². The SMILES string of the molecule is OC(Cc1ccc(F)c(Cl)c1)c1cc(F)cc(Br)c1. The molecule has 5 heteroatoms. The third-order valence-electron chi connectivity index (χ3n) is 2.68. The van der Waals surface area contributed by atoms with Gasteiger partial charge in [0.25, 0.3) is 0 Å². The van der Waals surface area contributed by atoms with E-state index in [4.69, 9.17) is 11.6 Å². The van der Waals surface area contributed by atoms with E-state index in [1.165, 1.54) is 24.3 Å². The topological polar surface area (TPSA) is 20.2 Å². The lowest BCUT2D eigenvalue weighted by Gasteiger charge is -2.12. The monoisotopic (exact) mass is 346 g/mol. The van der Waals surface area contributed by atoms with Crippen molar-refractivity contribution in [1.29, 1.82) is 0 Å². The lowest BCUT2D eigenvalue weighted by Crippen LogP contribution is -2.02. The molecule has 0 saturated carbocycles. The van der Waals surface area contributed by atoms with Crippen molar-refractivity contribution in [3.05, 3.63) is 68.7 Å². The zero-order chi connectivity index (χ0) is 14.0. The Kier molecular flexibility index (Phi) is 4.55. The highest BCUT2D eigenvalue weighted by Crippen LogP contribution is 2.25. The van der Waals surface area contributed by atoms with Gasteiger partial charge in [-0.3, -0.25) is 0 Å². The molecule has 0 aliphatic rings. The molecule has 0 aromatic heterocycles. The van der Waals surface area contributed by atoms with Gasteiger partial charge in [-0.15, -0.1) is 0 Å². The quantitative estimate of drug-likeness (QED) is 0.856. The zero-order valence-electron chi connectivity index (χ0n) is 9.71. The minimum Gasteiger partial charge on any atom is -0.388 e. The molecular formula is C14H10BrClF2O. The third kappa shape index (κ3) is 3.75. The van der Waals surface area contributed by atoms with E-state index >= 15 is 0 Å². The average Bonchev–Trinajstić information content (AvgIpc) is 2.32. The molecule has 2 aromatic carbocycles. The number of aliphatic hydroxyl groups is 1. The molecule has 0 amide bonds. The van der Waals surface area contributed by atoms with Gasteiger partial charge in [0.15, 0.2) is 0 Å². The summed E-state index contributed by atoms with van der Waals surface area (Å²) >= 11 is 8.84. The summed E-state index contributed by atoms with van der Waals surface area (Å²) in [4.78, 5) is 0. The molecule has 0 radical (unpaired) electrons. The van der Waals surface area contributed by atoms with Gasteiger partial charge >= 0.3 is 0 Å². The summed E-state index contributed by atoms with van der Waals surface area (Å²) in [5.41, 5.74) is 1.13. The molecule has 1 nitrogen and oxygen atoms in total. The van der Waals surface area contributed by atoms with Crippen molar-refractivity contribution in [1.82, 2.24) is 0 Å². The van der Waals surface area contributed by atoms with Crippen LogP contribution in [-0.2, 0) is 6.42 Å². The Morgan fingerprint density at radius 1 is 1.16 bits per heavy atom. The van der Waals surface area contributed by atoms with Crippen LogP contribution in [0.4, 0.5) is 8.78 Å². The fourth-order valence-electron chi connectivity index (χ4n) is 1.78. The first kappa shape index (κ1) is 14.4. The summed E-state index contributed by atoms with van der Waals surface area (Å²) in [6.07, 6.45) is -0.649. The number of rotatable bonds is 3. The molecule has 2 rings (SSSR count). The van der Waals surface area contributed by atoms with Crippen molar-refractivity contribution in [3.63, 3.8) is 0 Å². The van der Waals surface area contributed by atoms with Gasteiger partial charge in [-0.25, -0.2) is 8.78 Å². The third-order valence-corrected chi connectivity index (χ3v) is 3.43. The number of benzene rings is 2. The minimum absolute atomic E-state index is 0.00474. The predicted molar refractivity (Wildman–Crippen MR) is 74.2 cm³/mol. The summed E-state index contributed by atoms with van der Waals surface area (Å²) in [6.45, 7) is 0. The van der Waals surface area contributed by atoms with Gasteiger partial charge in [0, 0.05) is 10.9 Å². The summed E-state index contributed by atoms with van der Waals surface area (Å²) in [7, 11) is 0. The highest BCUT2D eigenvalue weighted by atomic mass is 79.9. The van der Waals surface area contributed by atoms with Gasteiger partial charge in [0.05, 0.1) is 11.1 Å². The summed E-state index contributed by atoms with van der Waals surface area (Å²) in [5, 5.41) is 10.1. The second-order valence-corrected chi connectivity index (χ2v) is 5.49. The lowest BCUT2D eigenvalue weighted by atomic mass is 10.0. The molecule has 0 heterocycles. The van der Waals surface area contributed by atoms with Crippen molar-refractivity contribution in [2.45, 2.75) is 12.5 Å². The molecule has 0 aliphatic carbocycles. The van der Waals surface area contributed by atoms with Crippen molar-refractivity contribution in [3.8, 4) is 0 Å². The molecule has 0 saturated heterocycles. The van der Waals surface area contributed by atoms with E-state index < -0.39 is 17.7 Å². The van der Waals surface area contributed by atoms with Crippen LogP contribution >= 0.6 is 27.5 Å². The normalized spacial score (nSPS) is 12.5. The van der Waals surface area contributed by atoms with Crippen LogP contribution in [0.25, 0.3) is 0 Å². The van der Waals surface area contributed by atoms with E-state index in [1.807, 2.05) is 0 Å². The van der Waals surface area contributed by atoms with Crippen LogP contribution in [0.15, 0.2) is 40.9 Å². The zero-order valence-corrected chi connectivity index (χ0v) is 12.0. The first-order valence-corrected chi connectivity index (χ1v) is 6.71. The van der Waals surface area contributed by atoms with E-state index in [-0.39, 0.29) is 11.4 Å². The number of hydrogen-bond acceptors (Lipinski definition) is 1. The maximum atomic E-state index is 13.2. The van der Waals surface area contributed by atoms with Gasteiger partial charge in [-0.1, -0.05) is 33.6 Å². The number of halogens is 4. The van der Waals surface area contributed by atoms with Crippen LogP contribution in [0.2, 0.25) is 5.02 Å². The Bertz CT molecular complexity index is 584. The van der Waals surface area contributed by atoms with Crippen molar-refractivity contribution < 1.29 is 13.9 Å². The molecule has 1 atom stereocenters. The predicted octanol–water partition coefficient (Wildman–Crippen LogP) is 4.66. The Morgan fingerprint density at radius 3 is 2.53 bits per heavy atom. The first-order valence-electron chi connectivity index (χ1n) is 5.53. The first-order chi connectivity index (χ1) is 8.95. The van der Waals surface area contributed by atoms with Gasteiger partial charge in [0.2, 0.25) is 0 Å². The van der Waals surface area contributed by atoms with E-state index in [1.54, 1.807) is 12.1 Å². The summed E-state index contributed by atoms with van der Waals surface area (Å²) in [6, 6.07) is 8.45. The van der Waals surface area contributed by atoms with Crippen molar-refractivity contribution >= 4 is 27.5 Å². The minimum atomic E-state index is -0.881. The second-order valence-electron chi connectivity index (χ2n) is 4.17. The van der Waals surface area contributed by atoms with Gasteiger partial charge in [-0.2, -0.15) is 0 Å². The molecule has 1 N–H and O–H groups in total. The summed E-state index contributed by atoms with van der Waals surface area (Å²) < 4.78 is 26.8. The van der Waals surface area contributed by atoms with Crippen LogP contribution in [-0.4, -0.2) is 5.11 Å². The highest BCUT2D eigenvalue weighted by Gasteiger charge is 2.12. The van der Waals surface area contributed by atoms with Gasteiger partial charge in [-0.05, 0) is 41.5 Å². The maximum absolute atomic E-state index is 13.2. The Balaban J connectivity index is 2.20. The molecule has 2 aromatic rings. The lowest BCUT2D eigenvalue weighted by molar-refractivity contribution is 0.178. The molecule has 0 fully saturated rings. The molecule has 0 spiro atoms. The average molecular weight is 348 g/mol. The fourth-order valence-corrected chi connectivity index (χ4v) is 2.46. The maximum Gasteiger partial charge on any atom is 0.141 e. The largest absolute Gasteiger partial charge is 0.388 e. The Hall–Kier alpha value is -0.970. The fraction of sp³-hybridized carbons (Fsp3) is 0.143. The van der Waals surface area contributed by atoms with Crippen molar-refractivity contribution in [2.75, 3.05) is 0 Å². The van der Waals surface area contributed by atoms with Crippen LogP contribution in [0.1, 0.15) is 17.2 Å². The molecule has 0 aliphatic heterocycles. The van der Waals surface area contributed by atoms with Crippen LogP contribution in [0, 0.1) is 11.6 Å².